The second kappa shape index (κ2) is 8.31. The second-order valence-electron chi connectivity index (χ2n) is 6.58. The molecule has 1 fully saturated rings. The predicted octanol–water partition coefficient (Wildman–Crippen LogP) is 3.14. The van der Waals surface area contributed by atoms with Crippen LogP contribution >= 0.6 is 11.3 Å². The molecule has 0 saturated carbocycles. The summed E-state index contributed by atoms with van der Waals surface area (Å²) in [5.41, 5.74) is -0.702. The number of piperazine rings is 1. The Bertz CT molecular complexity index is 895. The molecule has 1 aromatic heterocycles. The van der Waals surface area contributed by atoms with E-state index in [1.54, 1.807) is 0 Å². The number of hydrogen-bond donors (Lipinski definition) is 1. The van der Waals surface area contributed by atoms with Gasteiger partial charge in [0.05, 0.1) is 16.6 Å². The van der Waals surface area contributed by atoms with Crippen LogP contribution in [-0.2, 0) is 12.7 Å². The summed E-state index contributed by atoms with van der Waals surface area (Å²) in [7, 11) is 1.99. The van der Waals surface area contributed by atoms with Gasteiger partial charge >= 0.3 is 6.18 Å². The molecule has 1 aromatic carbocycles. The first-order valence-corrected chi connectivity index (χ1v) is 9.42. The van der Waals surface area contributed by atoms with Crippen molar-refractivity contribution in [2.24, 2.45) is 0 Å². The fraction of sp³-hybridized carbons (Fsp3) is 0.368. The summed E-state index contributed by atoms with van der Waals surface area (Å²) in [5, 5.41) is 2.73. The Kier molecular flexibility index (Phi) is 6.03. The van der Waals surface area contributed by atoms with Crippen LogP contribution in [0.2, 0.25) is 0 Å². The van der Waals surface area contributed by atoms with Crippen LogP contribution in [-0.4, -0.2) is 53.9 Å². The van der Waals surface area contributed by atoms with Gasteiger partial charge in [0, 0.05) is 38.3 Å². The maximum atomic E-state index is 13.6. The Balaban J connectivity index is 1.79. The van der Waals surface area contributed by atoms with E-state index in [-0.39, 0.29) is 22.8 Å². The van der Waals surface area contributed by atoms with E-state index in [4.69, 9.17) is 6.42 Å². The van der Waals surface area contributed by atoms with E-state index in [0.717, 1.165) is 30.5 Å². The molecule has 0 aliphatic carbocycles. The van der Waals surface area contributed by atoms with Crippen LogP contribution in [0.4, 0.5) is 18.3 Å². The van der Waals surface area contributed by atoms with Crippen LogP contribution in [0.15, 0.2) is 24.4 Å². The standard InChI is InChI=1S/C19H19F3N4OS/c1-3-15-11-23-18(28-15)24-17(27)13-4-5-14(16(10-13)19(20,21)22)12-26-8-6-25(2)7-9-26/h1,4-5,10-11H,6-9,12H2,2H3,(H,23,24,27). The highest BCUT2D eigenvalue weighted by molar-refractivity contribution is 7.16. The molecule has 148 valence electrons. The molecule has 0 spiro atoms. The third kappa shape index (κ3) is 4.90. The predicted molar refractivity (Wildman–Crippen MR) is 102 cm³/mol. The zero-order chi connectivity index (χ0) is 20.3. The fourth-order valence-corrected chi connectivity index (χ4v) is 3.56. The van der Waals surface area contributed by atoms with Crippen molar-refractivity contribution in [3.8, 4) is 12.3 Å². The number of likely N-dealkylation sites (N-methyl/N-ethyl adjacent to an activating group) is 1. The number of alkyl halides is 3. The smallest absolute Gasteiger partial charge is 0.304 e. The van der Waals surface area contributed by atoms with E-state index in [2.05, 4.69) is 21.1 Å². The average molecular weight is 408 g/mol. The van der Waals surface area contributed by atoms with Crippen LogP contribution in [0.5, 0.6) is 0 Å². The van der Waals surface area contributed by atoms with Gasteiger partial charge in [-0.2, -0.15) is 13.2 Å². The van der Waals surface area contributed by atoms with Gasteiger partial charge in [0.1, 0.15) is 0 Å². The molecule has 2 heterocycles. The lowest BCUT2D eigenvalue weighted by Gasteiger charge is -2.33. The van der Waals surface area contributed by atoms with Gasteiger partial charge in [-0.3, -0.25) is 15.0 Å². The molecule has 0 unspecified atom stereocenters. The van der Waals surface area contributed by atoms with Crippen LogP contribution in [0, 0.1) is 12.3 Å². The minimum Gasteiger partial charge on any atom is -0.304 e. The molecule has 1 amide bonds. The van der Waals surface area contributed by atoms with Gasteiger partial charge in [-0.25, -0.2) is 4.98 Å². The van der Waals surface area contributed by atoms with Crippen molar-refractivity contribution < 1.29 is 18.0 Å². The van der Waals surface area contributed by atoms with E-state index < -0.39 is 17.6 Å². The first-order valence-electron chi connectivity index (χ1n) is 8.61. The monoisotopic (exact) mass is 408 g/mol. The van der Waals surface area contributed by atoms with Crippen LogP contribution in [0.3, 0.4) is 0 Å². The summed E-state index contributed by atoms with van der Waals surface area (Å²) in [6.07, 6.45) is 2.12. The molecular weight excluding hydrogens is 389 g/mol. The Morgan fingerprint density at radius 3 is 2.64 bits per heavy atom. The summed E-state index contributed by atoms with van der Waals surface area (Å²) in [5.74, 6) is 1.73. The van der Waals surface area contributed by atoms with E-state index in [9.17, 15) is 18.0 Å². The SMILES string of the molecule is C#Cc1cnc(NC(=O)c2ccc(CN3CCN(C)CC3)c(C(F)(F)F)c2)s1. The summed E-state index contributed by atoms with van der Waals surface area (Å²) in [6, 6.07) is 3.69. The molecule has 1 saturated heterocycles. The van der Waals surface area contributed by atoms with Crippen molar-refractivity contribution in [2.45, 2.75) is 12.7 Å². The summed E-state index contributed by atoms with van der Waals surface area (Å²) >= 11 is 1.08. The molecule has 5 nitrogen and oxygen atoms in total. The highest BCUT2D eigenvalue weighted by Crippen LogP contribution is 2.33. The molecule has 3 rings (SSSR count). The van der Waals surface area contributed by atoms with Gasteiger partial charge in [-0.1, -0.05) is 23.3 Å². The molecule has 9 heteroatoms. The number of rotatable bonds is 4. The van der Waals surface area contributed by atoms with E-state index >= 15 is 0 Å². The number of carbonyl (C=O) groups is 1. The number of terminal acetylenes is 1. The molecule has 2 aromatic rings. The largest absolute Gasteiger partial charge is 0.416 e. The Morgan fingerprint density at radius 2 is 2.04 bits per heavy atom. The number of halogens is 3. The lowest BCUT2D eigenvalue weighted by atomic mass is 10.0. The number of nitrogens with zero attached hydrogens (tertiary/aromatic N) is 3. The Morgan fingerprint density at radius 1 is 1.32 bits per heavy atom. The van der Waals surface area contributed by atoms with Crippen LogP contribution in [0.25, 0.3) is 0 Å². The molecule has 28 heavy (non-hydrogen) atoms. The maximum Gasteiger partial charge on any atom is 0.416 e. The highest BCUT2D eigenvalue weighted by Gasteiger charge is 2.34. The number of thiazole rings is 1. The van der Waals surface area contributed by atoms with Crippen LogP contribution in [0.1, 0.15) is 26.4 Å². The fourth-order valence-electron chi connectivity index (χ4n) is 2.93. The first kappa shape index (κ1) is 20.3. The van der Waals surface area contributed by atoms with Gasteiger partial charge in [0.15, 0.2) is 5.13 Å². The topological polar surface area (TPSA) is 48.5 Å². The number of anilines is 1. The number of carbonyl (C=O) groups excluding carboxylic acids is 1. The number of amides is 1. The maximum absolute atomic E-state index is 13.6. The lowest BCUT2D eigenvalue weighted by Crippen LogP contribution is -2.44. The number of nitrogens with one attached hydrogen (secondary N) is 1. The molecule has 1 N–H and O–H groups in total. The van der Waals surface area contributed by atoms with Crippen molar-refractivity contribution in [1.29, 1.82) is 0 Å². The molecule has 1 aliphatic rings. The van der Waals surface area contributed by atoms with Gasteiger partial charge in [-0.15, -0.1) is 6.42 Å². The van der Waals surface area contributed by atoms with Crippen molar-refractivity contribution in [3.63, 3.8) is 0 Å². The van der Waals surface area contributed by atoms with Gasteiger partial charge in [0.25, 0.3) is 5.91 Å². The summed E-state index contributed by atoms with van der Waals surface area (Å²) < 4.78 is 40.8. The average Bonchev–Trinajstić information content (AvgIpc) is 3.10. The first-order chi connectivity index (χ1) is 13.3. The number of hydrogen-bond acceptors (Lipinski definition) is 5. The summed E-state index contributed by atoms with van der Waals surface area (Å²) in [6.45, 7) is 3.24. The van der Waals surface area contributed by atoms with Crippen LogP contribution < -0.4 is 5.32 Å². The molecule has 1 aliphatic heterocycles. The van der Waals surface area contributed by atoms with E-state index in [1.165, 1.54) is 18.3 Å². The third-order valence-electron chi connectivity index (χ3n) is 4.54. The second-order valence-corrected chi connectivity index (χ2v) is 7.61. The minimum absolute atomic E-state index is 0.0769. The van der Waals surface area contributed by atoms with E-state index in [0.29, 0.717) is 18.0 Å². The van der Waals surface area contributed by atoms with Gasteiger partial charge < -0.3 is 4.90 Å². The molecular formula is C19H19F3N4OS. The quantitative estimate of drug-likeness (QED) is 0.790. The molecule has 0 radical (unpaired) electrons. The highest BCUT2D eigenvalue weighted by atomic mass is 32.1. The molecule has 0 bridgehead atoms. The molecule has 0 atom stereocenters. The summed E-state index contributed by atoms with van der Waals surface area (Å²) in [4.78, 5) is 20.9. The lowest BCUT2D eigenvalue weighted by molar-refractivity contribution is -0.138. The van der Waals surface area contributed by atoms with Crippen molar-refractivity contribution in [3.05, 3.63) is 46.0 Å². The van der Waals surface area contributed by atoms with Crippen molar-refractivity contribution in [1.82, 2.24) is 14.8 Å². The van der Waals surface area contributed by atoms with E-state index in [1.807, 2.05) is 11.9 Å². The number of benzene rings is 1. The number of aromatic nitrogens is 1. The minimum atomic E-state index is -4.55. The Labute approximate surface area is 165 Å². The van der Waals surface area contributed by atoms with Gasteiger partial charge in [-0.05, 0) is 24.7 Å². The Hall–Kier alpha value is -2.41. The zero-order valence-corrected chi connectivity index (χ0v) is 16.0. The van der Waals surface area contributed by atoms with Crippen molar-refractivity contribution in [2.75, 3.05) is 38.5 Å². The van der Waals surface area contributed by atoms with Crippen molar-refractivity contribution >= 4 is 22.4 Å². The normalized spacial score (nSPS) is 16.0. The zero-order valence-electron chi connectivity index (χ0n) is 15.2. The third-order valence-corrected chi connectivity index (χ3v) is 5.38. The van der Waals surface area contributed by atoms with Gasteiger partial charge in [0.2, 0.25) is 0 Å².